The highest BCUT2D eigenvalue weighted by Crippen LogP contribution is 2.40. The minimum Gasteiger partial charge on any atom is -0.492 e. The number of methoxy groups -OCH3 is 1. The molecule has 1 amide bonds. The zero-order valence-corrected chi connectivity index (χ0v) is 26.7. The molecule has 0 aliphatic rings. The van der Waals surface area contributed by atoms with Gasteiger partial charge in [0.05, 0.1) is 43.1 Å². The van der Waals surface area contributed by atoms with Gasteiger partial charge in [0, 0.05) is 37.1 Å². The average molecular weight is 634 g/mol. The molecule has 14 heteroatoms. The van der Waals surface area contributed by atoms with E-state index in [-0.39, 0.29) is 28.7 Å². The van der Waals surface area contributed by atoms with Crippen molar-refractivity contribution in [3.8, 4) is 23.4 Å². The predicted octanol–water partition coefficient (Wildman–Crippen LogP) is 4.97. The number of nitrogens with one attached hydrogen (secondary N) is 2. The molecule has 13 nitrogen and oxygen atoms in total. The number of hydrogen-bond acceptors (Lipinski definition) is 9. The number of para-hydroxylation sites is 1. The van der Waals surface area contributed by atoms with Gasteiger partial charge in [-0.1, -0.05) is 32.9 Å². The monoisotopic (exact) mass is 633 g/mol. The van der Waals surface area contributed by atoms with E-state index in [0.717, 1.165) is 17.2 Å². The Morgan fingerprint density at radius 3 is 2.53 bits per heavy atom. The highest BCUT2D eigenvalue weighted by atomic mass is 32.2. The van der Waals surface area contributed by atoms with Crippen LogP contribution in [0.25, 0.3) is 10.9 Å². The topological polar surface area (TPSA) is 151 Å². The molecule has 0 atom stereocenters. The molecule has 236 valence electrons. The van der Waals surface area contributed by atoms with Crippen molar-refractivity contribution in [1.82, 2.24) is 24.1 Å². The Morgan fingerprint density at radius 2 is 1.84 bits per heavy atom. The van der Waals surface area contributed by atoms with Gasteiger partial charge in [-0.15, -0.1) is 0 Å². The third-order valence-corrected chi connectivity index (χ3v) is 7.51. The number of rotatable bonds is 11. The Hall–Kier alpha value is -5.11. The van der Waals surface area contributed by atoms with Crippen LogP contribution in [-0.2, 0) is 29.0 Å². The van der Waals surface area contributed by atoms with Crippen molar-refractivity contribution in [3.05, 3.63) is 78.6 Å². The molecule has 5 aromatic rings. The summed E-state index contributed by atoms with van der Waals surface area (Å²) in [6, 6.07) is 12.5. The number of nitrogens with zero attached hydrogens (tertiary/aromatic N) is 5. The molecule has 2 N–H and O–H groups in total. The molecule has 2 aromatic carbocycles. The second kappa shape index (κ2) is 12.5. The van der Waals surface area contributed by atoms with E-state index >= 15 is 0 Å². The molecule has 3 heterocycles. The lowest BCUT2D eigenvalue weighted by Crippen LogP contribution is -2.19. The van der Waals surface area contributed by atoms with E-state index in [4.69, 9.17) is 14.2 Å². The van der Waals surface area contributed by atoms with Gasteiger partial charge in [0.15, 0.2) is 11.5 Å². The molecule has 0 bridgehead atoms. The van der Waals surface area contributed by atoms with Crippen molar-refractivity contribution in [2.24, 2.45) is 7.05 Å². The highest BCUT2D eigenvalue weighted by Gasteiger charge is 2.24. The molecule has 5 rings (SSSR count). The Bertz CT molecular complexity index is 1950. The molecule has 0 unspecified atom stereocenters. The molecule has 0 aliphatic heterocycles. The summed E-state index contributed by atoms with van der Waals surface area (Å²) in [5.74, 6) is 0.516. The van der Waals surface area contributed by atoms with E-state index in [1.807, 2.05) is 43.7 Å². The summed E-state index contributed by atoms with van der Waals surface area (Å²) >= 11 is 0. The molecular weight excluding hydrogens is 598 g/mol. The van der Waals surface area contributed by atoms with Gasteiger partial charge in [0.25, 0.3) is 5.91 Å². The van der Waals surface area contributed by atoms with Gasteiger partial charge in [0.2, 0.25) is 15.9 Å². The molecule has 45 heavy (non-hydrogen) atoms. The maximum absolute atomic E-state index is 13.7. The van der Waals surface area contributed by atoms with Gasteiger partial charge in [-0.25, -0.2) is 18.4 Å². The van der Waals surface area contributed by atoms with Crippen LogP contribution in [0.3, 0.4) is 0 Å². The second-order valence-corrected chi connectivity index (χ2v) is 13.1. The van der Waals surface area contributed by atoms with Crippen LogP contribution in [0.2, 0.25) is 0 Å². The number of fused-ring (bicyclic) bond motifs is 1. The third kappa shape index (κ3) is 7.34. The Labute approximate surface area is 261 Å². The summed E-state index contributed by atoms with van der Waals surface area (Å²) in [6.45, 7) is 6.91. The molecule has 0 fully saturated rings. The maximum atomic E-state index is 13.7. The van der Waals surface area contributed by atoms with Crippen LogP contribution in [0, 0.1) is 0 Å². The van der Waals surface area contributed by atoms with E-state index in [2.05, 4.69) is 25.0 Å². The smallest absolute Gasteiger partial charge is 0.319 e. The van der Waals surface area contributed by atoms with Crippen molar-refractivity contribution in [2.75, 3.05) is 30.0 Å². The normalized spacial score (nSPS) is 11.8. The number of ether oxygens (including phenoxy) is 3. The molecular formula is C31H35N7O6S. The summed E-state index contributed by atoms with van der Waals surface area (Å²) in [5, 5.41) is 3.69. The first-order valence-electron chi connectivity index (χ1n) is 14.0. The van der Waals surface area contributed by atoms with Gasteiger partial charge < -0.3 is 28.7 Å². The maximum Gasteiger partial charge on any atom is 0.319 e. The minimum atomic E-state index is -3.62. The lowest BCUT2D eigenvalue weighted by molar-refractivity contribution is 0.101. The second-order valence-electron chi connectivity index (χ2n) is 11.4. The van der Waals surface area contributed by atoms with Crippen LogP contribution in [0.15, 0.2) is 67.4 Å². The number of aryl methyl sites for hydroxylation is 1. The summed E-state index contributed by atoms with van der Waals surface area (Å²) in [7, 11) is -0.448. The zero-order chi connectivity index (χ0) is 32.4. The van der Waals surface area contributed by atoms with Gasteiger partial charge in [0.1, 0.15) is 12.3 Å². The van der Waals surface area contributed by atoms with Crippen molar-refractivity contribution >= 4 is 38.2 Å². The lowest BCUT2D eigenvalue weighted by atomic mass is 9.86. The fraction of sp³-hybridized carbons (Fsp3) is 0.290. The van der Waals surface area contributed by atoms with Crippen molar-refractivity contribution in [3.63, 3.8) is 0 Å². The fourth-order valence-electron chi connectivity index (χ4n) is 4.74. The van der Waals surface area contributed by atoms with Gasteiger partial charge in [-0.3, -0.25) is 9.52 Å². The SMILES string of the molecule is COc1c(NC(=O)c2cc3cccc(Oc4ccnc(OCCn5ccnc5)n4)c3n2C)cc(C(C)(C)C)cc1NS(C)(=O)=O. The number of sulfonamides is 1. The first-order valence-corrected chi connectivity index (χ1v) is 15.9. The van der Waals surface area contributed by atoms with E-state index in [9.17, 15) is 13.2 Å². The largest absolute Gasteiger partial charge is 0.492 e. The van der Waals surface area contributed by atoms with E-state index in [1.54, 1.807) is 60.7 Å². The van der Waals surface area contributed by atoms with Crippen LogP contribution in [0.1, 0.15) is 36.8 Å². The van der Waals surface area contributed by atoms with Crippen LogP contribution in [0.5, 0.6) is 23.4 Å². The summed E-state index contributed by atoms with van der Waals surface area (Å²) in [5.41, 5.74) is 2.01. The van der Waals surface area contributed by atoms with Crippen molar-refractivity contribution in [2.45, 2.75) is 32.7 Å². The van der Waals surface area contributed by atoms with Gasteiger partial charge in [-0.05, 0) is 35.2 Å². The molecule has 0 saturated carbocycles. The van der Waals surface area contributed by atoms with Gasteiger partial charge >= 0.3 is 6.01 Å². The van der Waals surface area contributed by atoms with E-state index in [0.29, 0.717) is 35.8 Å². The highest BCUT2D eigenvalue weighted by molar-refractivity contribution is 7.92. The standard InChI is InChI=1S/C31H35N7O6S/c1-31(2,3)21-17-22(28(42-5)23(18-21)36-45(6,40)41)34-29(39)24-16-20-8-7-9-25(27(20)37(24)4)44-26-10-11-33-30(35-26)43-15-14-38-13-12-32-19-38/h7-13,16-19,36H,14-15H2,1-6H3,(H,34,39). The lowest BCUT2D eigenvalue weighted by Gasteiger charge is -2.24. The van der Waals surface area contributed by atoms with Gasteiger partial charge in [-0.2, -0.15) is 4.98 Å². The zero-order valence-electron chi connectivity index (χ0n) is 25.9. The number of imidazole rings is 1. The van der Waals surface area contributed by atoms with Crippen molar-refractivity contribution in [1.29, 1.82) is 0 Å². The Morgan fingerprint density at radius 1 is 1.07 bits per heavy atom. The minimum absolute atomic E-state index is 0.169. The number of aromatic nitrogens is 5. The Kier molecular flexibility index (Phi) is 8.68. The van der Waals surface area contributed by atoms with Crippen molar-refractivity contribution < 1.29 is 27.4 Å². The van der Waals surface area contributed by atoms with Crippen LogP contribution in [0.4, 0.5) is 11.4 Å². The number of amides is 1. The molecule has 0 aliphatic carbocycles. The molecule has 0 spiro atoms. The summed E-state index contributed by atoms with van der Waals surface area (Å²) < 4.78 is 47.7. The Balaban J connectivity index is 1.42. The number of anilines is 2. The molecule has 0 saturated heterocycles. The number of carbonyl (C=O) groups excluding carboxylic acids is 1. The van der Waals surface area contributed by atoms with E-state index in [1.165, 1.54) is 7.11 Å². The quantitative estimate of drug-likeness (QED) is 0.205. The van der Waals surface area contributed by atoms with E-state index < -0.39 is 15.9 Å². The summed E-state index contributed by atoms with van der Waals surface area (Å²) in [4.78, 5) is 26.3. The fourth-order valence-corrected chi connectivity index (χ4v) is 5.29. The number of hydrogen-bond donors (Lipinski definition) is 2. The van der Waals surface area contributed by atoms with Crippen LogP contribution < -0.4 is 24.2 Å². The third-order valence-electron chi connectivity index (χ3n) is 6.92. The molecule has 3 aromatic heterocycles. The average Bonchev–Trinajstić information content (AvgIpc) is 3.60. The number of carbonyl (C=O) groups is 1. The first-order chi connectivity index (χ1) is 21.3. The first kappa shape index (κ1) is 31.3. The predicted molar refractivity (Wildman–Crippen MR) is 171 cm³/mol. The number of benzene rings is 2. The van der Waals surface area contributed by atoms with Crippen LogP contribution >= 0.6 is 0 Å². The van der Waals surface area contributed by atoms with Crippen LogP contribution in [-0.4, -0.2) is 58.4 Å². The molecule has 0 radical (unpaired) electrons. The summed E-state index contributed by atoms with van der Waals surface area (Å²) in [6.07, 6.45) is 7.84.